The number of amides is 3. The molecule has 68 valence electrons. The minimum Gasteiger partial charge on any atom is -0.836 e. The first-order chi connectivity index (χ1) is 5.46. The lowest BCUT2D eigenvalue weighted by atomic mass is 10.1. The van der Waals surface area contributed by atoms with Gasteiger partial charge in [-0.25, -0.2) is 4.79 Å². The van der Waals surface area contributed by atoms with Gasteiger partial charge in [0.2, 0.25) is 5.91 Å². The molecule has 0 aliphatic carbocycles. The summed E-state index contributed by atoms with van der Waals surface area (Å²) in [6.07, 6.45) is -1.25. The number of urea groups is 1. The van der Waals surface area contributed by atoms with Crippen LogP contribution in [0, 0.1) is 5.92 Å². The number of nitrogens with zero attached hydrogens (tertiary/aromatic N) is 2. The lowest BCUT2D eigenvalue weighted by Crippen LogP contribution is -2.62. The zero-order valence-electron chi connectivity index (χ0n) is 7.27. The second-order valence-electron chi connectivity index (χ2n) is 2.97. The van der Waals surface area contributed by atoms with Crippen molar-refractivity contribution in [1.29, 1.82) is 0 Å². The van der Waals surface area contributed by atoms with Crippen LogP contribution in [-0.4, -0.2) is 42.1 Å². The molecule has 1 rings (SSSR count). The third kappa shape index (κ3) is 1.06. The maximum Gasteiger partial charge on any atom is 0.325 e. The fourth-order valence-corrected chi connectivity index (χ4v) is 1.20. The Bertz CT molecular complexity index is 207. The SMILES string of the molecule is CC1C(=O)N(C)C(=O)N(C)C1[O-]. The monoisotopic (exact) mass is 171 g/mol. The Labute approximate surface area is 70.6 Å². The topological polar surface area (TPSA) is 63.7 Å². The third-order valence-corrected chi connectivity index (χ3v) is 2.12. The van der Waals surface area contributed by atoms with Crippen molar-refractivity contribution in [2.45, 2.75) is 13.2 Å². The lowest BCUT2D eigenvalue weighted by Gasteiger charge is -2.44. The summed E-state index contributed by atoms with van der Waals surface area (Å²) in [4.78, 5) is 24.3. The molecule has 1 fully saturated rings. The molecule has 1 aliphatic rings. The van der Waals surface area contributed by atoms with Gasteiger partial charge in [0.1, 0.15) is 0 Å². The highest BCUT2D eigenvalue weighted by Gasteiger charge is 2.34. The minimum absolute atomic E-state index is 0.405. The molecule has 2 atom stereocenters. The van der Waals surface area contributed by atoms with E-state index >= 15 is 0 Å². The summed E-state index contributed by atoms with van der Waals surface area (Å²) in [6.45, 7) is 1.53. The first-order valence-electron chi connectivity index (χ1n) is 3.67. The van der Waals surface area contributed by atoms with E-state index in [0.29, 0.717) is 0 Å². The average Bonchev–Trinajstić information content (AvgIpc) is 2.08. The zero-order valence-corrected chi connectivity index (χ0v) is 7.27. The lowest BCUT2D eigenvalue weighted by molar-refractivity contribution is -0.460. The number of rotatable bonds is 0. The van der Waals surface area contributed by atoms with Crippen LogP contribution in [0.15, 0.2) is 0 Å². The molecule has 3 amide bonds. The molecule has 0 aromatic heterocycles. The van der Waals surface area contributed by atoms with Crippen molar-refractivity contribution >= 4 is 11.9 Å². The van der Waals surface area contributed by atoms with Gasteiger partial charge in [-0.1, -0.05) is 6.92 Å². The van der Waals surface area contributed by atoms with Crippen LogP contribution in [0.2, 0.25) is 0 Å². The van der Waals surface area contributed by atoms with Crippen LogP contribution in [0.4, 0.5) is 4.79 Å². The smallest absolute Gasteiger partial charge is 0.325 e. The van der Waals surface area contributed by atoms with Gasteiger partial charge in [0.25, 0.3) is 0 Å². The molecule has 0 spiro atoms. The summed E-state index contributed by atoms with van der Waals surface area (Å²) in [6, 6.07) is -0.530. The quantitative estimate of drug-likeness (QED) is 0.461. The fraction of sp³-hybridized carbons (Fsp3) is 0.714. The zero-order chi connectivity index (χ0) is 9.46. The Kier molecular flexibility index (Phi) is 2.06. The second-order valence-corrected chi connectivity index (χ2v) is 2.97. The molecule has 0 bridgehead atoms. The van der Waals surface area contributed by atoms with E-state index in [1.54, 1.807) is 0 Å². The third-order valence-electron chi connectivity index (χ3n) is 2.12. The highest BCUT2D eigenvalue weighted by Crippen LogP contribution is 2.15. The molecule has 12 heavy (non-hydrogen) atoms. The van der Waals surface area contributed by atoms with Crippen LogP contribution in [0.1, 0.15) is 6.92 Å². The van der Waals surface area contributed by atoms with E-state index in [1.807, 2.05) is 0 Å². The molecule has 1 aliphatic heterocycles. The van der Waals surface area contributed by atoms with E-state index in [2.05, 4.69) is 0 Å². The Morgan fingerprint density at radius 1 is 1.33 bits per heavy atom. The van der Waals surface area contributed by atoms with E-state index in [4.69, 9.17) is 0 Å². The van der Waals surface area contributed by atoms with E-state index < -0.39 is 24.1 Å². The molecule has 2 unspecified atom stereocenters. The Morgan fingerprint density at radius 3 is 2.33 bits per heavy atom. The van der Waals surface area contributed by atoms with Crippen LogP contribution in [0.5, 0.6) is 0 Å². The standard InChI is InChI=1S/C7H11N2O3/c1-4-5(10)8(2)7(12)9(3)6(4)11/h4-5H,1-3H3/q-1. The fourth-order valence-electron chi connectivity index (χ4n) is 1.20. The maximum atomic E-state index is 11.2. The Morgan fingerprint density at radius 2 is 1.83 bits per heavy atom. The molecular formula is C7H11N2O3-. The van der Waals surface area contributed by atoms with Gasteiger partial charge in [-0.2, -0.15) is 0 Å². The van der Waals surface area contributed by atoms with Crippen LogP contribution in [0.3, 0.4) is 0 Å². The molecule has 0 aromatic rings. The molecule has 5 nitrogen and oxygen atoms in total. The molecule has 0 saturated carbocycles. The maximum absolute atomic E-state index is 11.2. The molecular weight excluding hydrogens is 160 g/mol. The summed E-state index contributed by atoms with van der Waals surface area (Å²) in [5, 5.41) is 11.2. The summed E-state index contributed by atoms with van der Waals surface area (Å²) in [7, 11) is 2.78. The van der Waals surface area contributed by atoms with Crippen molar-refractivity contribution in [2.75, 3.05) is 14.1 Å². The van der Waals surface area contributed by atoms with Gasteiger partial charge in [-0.05, 0) is 6.23 Å². The van der Waals surface area contributed by atoms with E-state index in [0.717, 1.165) is 9.80 Å². The van der Waals surface area contributed by atoms with Crippen LogP contribution >= 0.6 is 0 Å². The highest BCUT2D eigenvalue weighted by atomic mass is 16.3. The summed E-state index contributed by atoms with van der Waals surface area (Å²) < 4.78 is 0. The average molecular weight is 171 g/mol. The number of carbonyl (C=O) groups is 2. The minimum atomic E-state index is -1.25. The van der Waals surface area contributed by atoms with E-state index in [1.165, 1.54) is 21.0 Å². The molecule has 1 saturated heterocycles. The van der Waals surface area contributed by atoms with Crippen molar-refractivity contribution in [3.05, 3.63) is 0 Å². The van der Waals surface area contributed by atoms with Gasteiger partial charge in [0, 0.05) is 20.0 Å². The second kappa shape index (κ2) is 2.75. The first-order valence-corrected chi connectivity index (χ1v) is 3.67. The predicted molar refractivity (Wildman–Crippen MR) is 38.9 cm³/mol. The van der Waals surface area contributed by atoms with Crippen molar-refractivity contribution in [3.63, 3.8) is 0 Å². The highest BCUT2D eigenvalue weighted by molar-refractivity contribution is 5.97. The van der Waals surface area contributed by atoms with Crippen molar-refractivity contribution < 1.29 is 14.7 Å². The molecule has 5 heteroatoms. The van der Waals surface area contributed by atoms with Gasteiger partial charge in [-0.3, -0.25) is 9.69 Å². The number of hydrogen-bond acceptors (Lipinski definition) is 3. The van der Waals surface area contributed by atoms with Crippen LogP contribution in [-0.2, 0) is 4.79 Å². The summed E-state index contributed by atoms with van der Waals surface area (Å²) in [5.74, 6) is -1.06. The van der Waals surface area contributed by atoms with Gasteiger partial charge in [-0.15, -0.1) is 0 Å². The number of carbonyl (C=O) groups excluding carboxylic acids is 2. The first kappa shape index (κ1) is 8.99. The molecule has 0 aromatic carbocycles. The van der Waals surface area contributed by atoms with Crippen molar-refractivity contribution in [1.82, 2.24) is 9.80 Å². The predicted octanol–water partition coefficient (Wildman–Crippen LogP) is -1.17. The van der Waals surface area contributed by atoms with E-state index in [-0.39, 0.29) is 0 Å². The van der Waals surface area contributed by atoms with Gasteiger partial charge < -0.3 is 10.0 Å². The number of hydrogen-bond donors (Lipinski definition) is 0. The van der Waals surface area contributed by atoms with Crippen molar-refractivity contribution in [3.8, 4) is 0 Å². The number of imide groups is 1. The normalized spacial score (nSPS) is 31.3. The Hall–Kier alpha value is -1.10. The molecule has 0 radical (unpaired) electrons. The largest absolute Gasteiger partial charge is 0.836 e. The van der Waals surface area contributed by atoms with Gasteiger partial charge in [0.05, 0.1) is 0 Å². The van der Waals surface area contributed by atoms with Gasteiger partial charge >= 0.3 is 6.03 Å². The summed E-state index contributed by atoms with van der Waals surface area (Å²) >= 11 is 0. The summed E-state index contributed by atoms with van der Waals surface area (Å²) in [5.41, 5.74) is 0. The van der Waals surface area contributed by atoms with Crippen molar-refractivity contribution in [2.24, 2.45) is 5.92 Å². The van der Waals surface area contributed by atoms with E-state index in [9.17, 15) is 14.7 Å². The molecule has 1 heterocycles. The molecule has 0 N–H and O–H groups in total. The van der Waals surface area contributed by atoms with Gasteiger partial charge in [0.15, 0.2) is 0 Å². The van der Waals surface area contributed by atoms with Crippen LogP contribution in [0.25, 0.3) is 0 Å². The van der Waals surface area contributed by atoms with Crippen LogP contribution < -0.4 is 5.11 Å². The Balaban J connectivity index is 2.91.